The number of halogens is 2. The number of benzene rings is 2. The van der Waals surface area contributed by atoms with Crippen LogP contribution in [0.1, 0.15) is 17.2 Å². The highest BCUT2D eigenvalue weighted by Gasteiger charge is 2.23. The Hall–Kier alpha value is -1.56. The number of hydrogen-bond donors (Lipinski definition) is 2. The summed E-state index contributed by atoms with van der Waals surface area (Å²) in [5, 5.41) is 2.50. The third-order valence-corrected chi connectivity index (χ3v) is 4.21. The smallest absolute Gasteiger partial charge is 0.361 e. The van der Waals surface area contributed by atoms with Crippen molar-refractivity contribution in [1.29, 1.82) is 0 Å². The average molecular weight is 385 g/mol. The summed E-state index contributed by atoms with van der Waals surface area (Å²) in [5.41, 5.74) is 8.56. The maximum Gasteiger partial charge on any atom is 0.361 e. The van der Waals surface area contributed by atoms with Crippen LogP contribution in [0.25, 0.3) is 0 Å². The van der Waals surface area contributed by atoms with E-state index in [1.165, 1.54) is 7.11 Å². The molecule has 0 aromatic heterocycles. The molecule has 0 radical (unpaired) electrons. The highest BCUT2D eigenvalue weighted by molar-refractivity contribution is 9.10. The number of hydrogen-bond acceptors (Lipinski definition) is 3. The Morgan fingerprint density at radius 3 is 2.73 bits per heavy atom. The second kappa shape index (κ2) is 7.63. The molecule has 0 spiro atoms. The lowest BCUT2D eigenvalue weighted by molar-refractivity contribution is -0.677. The van der Waals surface area contributed by atoms with Crippen LogP contribution in [0.4, 0.5) is 5.69 Å². The van der Waals surface area contributed by atoms with Gasteiger partial charge in [0.2, 0.25) is 0 Å². The van der Waals surface area contributed by atoms with Gasteiger partial charge in [0.25, 0.3) is 0 Å². The van der Waals surface area contributed by atoms with Gasteiger partial charge in [-0.25, -0.2) is 4.79 Å². The Morgan fingerprint density at radius 2 is 2.05 bits per heavy atom. The third-order valence-electron chi connectivity index (χ3n) is 3.37. The summed E-state index contributed by atoms with van der Waals surface area (Å²) in [5.74, 6) is -0.300. The number of carbonyl (C=O) groups excluding carboxylic acids is 1. The Kier molecular flexibility index (Phi) is 5.83. The number of methoxy groups -OCH3 is 1. The Morgan fingerprint density at radius 1 is 1.32 bits per heavy atom. The van der Waals surface area contributed by atoms with E-state index in [9.17, 15) is 4.79 Å². The van der Waals surface area contributed by atoms with Crippen LogP contribution < -0.4 is 11.1 Å². The van der Waals surface area contributed by atoms with Gasteiger partial charge in [-0.3, -0.25) is 0 Å². The quantitative estimate of drug-likeness (QED) is 0.615. The lowest BCUT2D eigenvalue weighted by atomic mass is 9.97. The molecule has 0 amide bonds. The van der Waals surface area contributed by atoms with Crippen molar-refractivity contribution in [3.05, 3.63) is 63.1 Å². The monoisotopic (exact) mass is 383 g/mol. The number of rotatable bonds is 5. The van der Waals surface area contributed by atoms with Crippen molar-refractivity contribution < 1.29 is 14.8 Å². The molecular formula is C16H17BrClN2O2+. The van der Waals surface area contributed by atoms with Crippen molar-refractivity contribution >= 4 is 39.2 Å². The van der Waals surface area contributed by atoms with Gasteiger partial charge in [0.1, 0.15) is 6.04 Å². The molecule has 4 nitrogen and oxygen atoms in total. The van der Waals surface area contributed by atoms with Gasteiger partial charge in [-0.05, 0) is 24.3 Å². The number of nitrogens with two attached hydrogens (primary N) is 2. The third kappa shape index (κ3) is 4.00. The van der Waals surface area contributed by atoms with Crippen LogP contribution in [-0.4, -0.2) is 19.6 Å². The normalized spacial score (nSPS) is 12.0. The molecule has 116 valence electrons. The van der Waals surface area contributed by atoms with Gasteiger partial charge >= 0.3 is 5.97 Å². The van der Waals surface area contributed by atoms with Crippen LogP contribution in [0.15, 0.2) is 46.9 Å². The molecule has 4 N–H and O–H groups in total. The second-order valence-corrected chi connectivity index (χ2v) is 6.11. The molecule has 2 aromatic rings. The minimum absolute atomic E-state index is 0.179. The fourth-order valence-electron chi connectivity index (χ4n) is 2.26. The number of esters is 1. The van der Waals surface area contributed by atoms with Crippen molar-refractivity contribution in [1.82, 2.24) is 0 Å². The number of ether oxygens (including phenoxy) is 1. The highest BCUT2D eigenvalue weighted by atomic mass is 79.9. The number of quaternary nitrogens is 1. The molecule has 1 unspecified atom stereocenters. The summed E-state index contributed by atoms with van der Waals surface area (Å²) in [4.78, 5) is 11.5. The maximum atomic E-state index is 11.5. The van der Waals surface area contributed by atoms with Gasteiger partial charge in [0, 0.05) is 21.3 Å². The summed E-state index contributed by atoms with van der Waals surface area (Å²) in [7, 11) is 1.37. The Labute approximate surface area is 142 Å². The van der Waals surface area contributed by atoms with Crippen LogP contribution >= 0.6 is 27.5 Å². The second-order valence-electron chi connectivity index (χ2n) is 4.79. The molecule has 1 atom stereocenters. The Balaban J connectivity index is 2.43. The minimum Gasteiger partial charge on any atom is -0.465 e. The largest absolute Gasteiger partial charge is 0.465 e. The predicted molar refractivity (Wildman–Crippen MR) is 90.7 cm³/mol. The molecule has 0 heterocycles. The molecular weight excluding hydrogens is 368 g/mol. The van der Waals surface area contributed by atoms with Gasteiger partial charge in [-0.2, -0.15) is 0 Å². The predicted octanol–water partition coefficient (Wildman–Crippen LogP) is 2.51. The van der Waals surface area contributed by atoms with Gasteiger partial charge in [-0.1, -0.05) is 45.7 Å². The summed E-state index contributed by atoms with van der Waals surface area (Å²) in [6.45, 7) is 0.179. The minimum atomic E-state index is -0.300. The molecule has 2 aromatic carbocycles. The van der Waals surface area contributed by atoms with E-state index in [0.717, 1.165) is 15.6 Å². The highest BCUT2D eigenvalue weighted by Crippen LogP contribution is 2.30. The first kappa shape index (κ1) is 16.8. The first-order valence-electron chi connectivity index (χ1n) is 6.72. The first-order valence-corrected chi connectivity index (χ1v) is 7.89. The van der Waals surface area contributed by atoms with E-state index in [1.807, 2.05) is 47.8 Å². The van der Waals surface area contributed by atoms with Gasteiger partial charge in [-0.15, -0.1) is 0 Å². The van der Waals surface area contributed by atoms with Crippen LogP contribution in [0.2, 0.25) is 5.02 Å². The molecule has 2 rings (SSSR count). The fourth-order valence-corrected chi connectivity index (χ4v) is 2.89. The zero-order chi connectivity index (χ0) is 16.1. The number of anilines is 1. The van der Waals surface area contributed by atoms with Crippen LogP contribution in [0.5, 0.6) is 0 Å². The molecule has 0 saturated carbocycles. The lowest BCUT2D eigenvalue weighted by Crippen LogP contribution is -2.87. The van der Waals surface area contributed by atoms with E-state index in [4.69, 9.17) is 22.1 Å². The van der Waals surface area contributed by atoms with E-state index in [0.29, 0.717) is 10.7 Å². The van der Waals surface area contributed by atoms with Crippen molar-refractivity contribution in [2.24, 2.45) is 0 Å². The summed E-state index contributed by atoms with van der Waals surface area (Å²) in [6.07, 6.45) is 0. The van der Waals surface area contributed by atoms with Gasteiger partial charge < -0.3 is 15.8 Å². The zero-order valence-electron chi connectivity index (χ0n) is 12.1. The molecule has 0 aliphatic rings. The van der Waals surface area contributed by atoms with E-state index in [1.54, 1.807) is 0 Å². The van der Waals surface area contributed by atoms with E-state index in [2.05, 4.69) is 15.9 Å². The molecule has 0 aliphatic heterocycles. The summed E-state index contributed by atoms with van der Waals surface area (Å²) < 4.78 is 5.63. The van der Waals surface area contributed by atoms with Crippen LogP contribution in [-0.2, 0) is 9.53 Å². The summed E-state index contributed by atoms with van der Waals surface area (Å²) in [6, 6.07) is 13.0. The zero-order valence-corrected chi connectivity index (χ0v) is 14.4. The number of carbonyl (C=O) groups is 1. The molecule has 0 fully saturated rings. The molecule has 0 saturated heterocycles. The van der Waals surface area contributed by atoms with Crippen LogP contribution in [0.3, 0.4) is 0 Å². The average Bonchev–Trinajstić information content (AvgIpc) is 2.52. The van der Waals surface area contributed by atoms with Crippen molar-refractivity contribution in [3.63, 3.8) is 0 Å². The van der Waals surface area contributed by atoms with Crippen molar-refractivity contribution in [2.45, 2.75) is 6.04 Å². The fraction of sp³-hybridized carbons (Fsp3) is 0.188. The molecule has 0 bridgehead atoms. The van der Waals surface area contributed by atoms with Crippen LogP contribution in [0, 0.1) is 0 Å². The van der Waals surface area contributed by atoms with E-state index in [-0.39, 0.29) is 18.6 Å². The van der Waals surface area contributed by atoms with E-state index >= 15 is 0 Å². The lowest BCUT2D eigenvalue weighted by Gasteiger charge is -2.19. The molecule has 6 heteroatoms. The molecule has 22 heavy (non-hydrogen) atoms. The topological polar surface area (TPSA) is 68.9 Å². The number of nitrogen functional groups attached to an aromatic ring is 1. The van der Waals surface area contributed by atoms with Crippen molar-refractivity contribution in [3.8, 4) is 0 Å². The standard InChI is InChI=1S/C16H16BrClN2O2/c1-22-15(21)9-20-16(11-4-2-3-5-13(11)18)12-8-10(17)6-7-14(12)19/h2-8,16,20H,9,19H2,1H3/p+1. The first-order chi connectivity index (χ1) is 10.5. The van der Waals surface area contributed by atoms with E-state index < -0.39 is 0 Å². The van der Waals surface area contributed by atoms with Crippen molar-refractivity contribution in [2.75, 3.05) is 19.4 Å². The summed E-state index contributed by atoms with van der Waals surface area (Å²) >= 11 is 9.78. The maximum absolute atomic E-state index is 11.5. The van der Waals surface area contributed by atoms with Gasteiger partial charge in [0.05, 0.1) is 12.1 Å². The van der Waals surface area contributed by atoms with Gasteiger partial charge in [0.15, 0.2) is 6.54 Å². The Bertz CT molecular complexity index is 679. The SMILES string of the molecule is COC(=O)C[NH2+]C(c1cc(Br)ccc1N)c1ccccc1Cl. The molecule has 0 aliphatic carbocycles.